The zero-order chi connectivity index (χ0) is 12.1. The molecule has 17 heavy (non-hydrogen) atoms. The summed E-state index contributed by atoms with van der Waals surface area (Å²) >= 11 is 0. The van der Waals surface area contributed by atoms with Gasteiger partial charge in [-0.3, -0.25) is 0 Å². The summed E-state index contributed by atoms with van der Waals surface area (Å²) in [5.41, 5.74) is 1.71. The molecule has 2 aromatic rings. The lowest BCUT2D eigenvalue weighted by Crippen LogP contribution is -2.04. The molecule has 2 rings (SSSR count). The van der Waals surface area contributed by atoms with E-state index in [1.807, 2.05) is 43.3 Å². The maximum absolute atomic E-state index is 9.00. The van der Waals surface area contributed by atoms with Crippen LogP contribution in [0.1, 0.15) is 24.3 Å². The molecule has 3 heteroatoms. The molecular weight excluding hydrogens is 214 g/mol. The Morgan fingerprint density at radius 1 is 1.12 bits per heavy atom. The van der Waals surface area contributed by atoms with E-state index in [-0.39, 0.29) is 12.7 Å². The molecule has 0 radical (unpaired) electrons. The second-order valence-electron chi connectivity index (χ2n) is 3.80. The van der Waals surface area contributed by atoms with Gasteiger partial charge in [-0.05, 0) is 18.6 Å². The molecule has 3 nitrogen and oxygen atoms in total. The fraction of sp³-hybridized carbons (Fsp3) is 0.214. The molecule has 1 heterocycles. The number of hydrogen-bond donors (Lipinski definition) is 1. The van der Waals surface area contributed by atoms with Crippen molar-refractivity contribution >= 4 is 0 Å². The predicted molar refractivity (Wildman–Crippen MR) is 65.6 cm³/mol. The first kappa shape index (κ1) is 11.6. The minimum atomic E-state index is -0.0725. The number of aliphatic hydroxyl groups excluding tert-OH is 1. The lowest BCUT2D eigenvalue weighted by molar-refractivity contribution is 0.213. The van der Waals surface area contributed by atoms with E-state index in [2.05, 4.69) is 4.98 Å². The van der Waals surface area contributed by atoms with E-state index in [1.165, 1.54) is 0 Å². The Kier molecular flexibility index (Phi) is 3.73. The Morgan fingerprint density at radius 2 is 1.88 bits per heavy atom. The smallest absolute Gasteiger partial charge is 0.214 e. The maximum Gasteiger partial charge on any atom is 0.214 e. The van der Waals surface area contributed by atoms with Gasteiger partial charge in [-0.15, -0.1) is 0 Å². The molecule has 0 spiro atoms. The highest BCUT2D eigenvalue weighted by molar-refractivity contribution is 5.20. The van der Waals surface area contributed by atoms with Gasteiger partial charge in [-0.25, -0.2) is 4.98 Å². The van der Waals surface area contributed by atoms with Crippen LogP contribution in [0.5, 0.6) is 5.88 Å². The van der Waals surface area contributed by atoms with Gasteiger partial charge in [0, 0.05) is 6.07 Å². The van der Waals surface area contributed by atoms with E-state index in [9.17, 15) is 0 Å². The molecule has 1 atom stereocenters. The third-order valence-electron chi connectivity index (χ3n) is 2.51. The molecule has 0 amide bonds. The van der Waals surface area contributed by atoms with Crippen LogP contribution < -0.4 is 4.74 Å². The standard InChI is InChI=1S/C14H15NO2/c1-11(12-6-3-2-4-7-12)17-14-9-5-8-13(10-16)15-14/h2-9,11,16H,10H2,1H3. The van der Waals surface area contributed by atoms with Gasteiger partial charge in [-0.2, -0.15) is 0 Å². The van der Waals surface area contributed by atoms with Crippen molar-refractivity contribution in [2.75, 3.05) is 0 Å². The van der Waals surface area contributed by atoms with E-state index in [0.717, 1.165) is 5.56 Å². The van der Waals surface area contributed by atoms with Crippen LogP contribution in [-0.2, 0) is 6.61 Å². The van der Waals surface area contributed by atoms with Gasteiger partial charge in [0.2, 0.25) is 5.88 Å². The minimum Gasteiger partial charge on any atom is -0.470 e. The third-order valence-corrected chi connectivity index (χ3v) is 2.51. The van der Waals surface area contributed by atoms with Crippen LogP contribution in [0, 0.1) is 0 Å². The first-order valence-corrected chi connectivity index (χ1v) is 5.58. The second kappa shape index (κ2) is 5.46. The first-order valence-electron chi connectivity index (χ1n) is 5.58. The second-order valence-corrected chi connectivity index (χ2v) is 3.80. The van der Waals surface area contributed by atoms with E-state index in [1.54, 1.807) is 12.1 Å². The molecule has 1 aromatic heterocycles. The van der Waals surface area contributed by atoms with Crippen molar-refractivity contribution in [2.45, 2.75) is 19.6 Å². The monoisotopic (exact) mass is 229 g/mol. The largest absolute Gasteiger partial charge is 0.470 e. The van der Waals surface area contributed by atoms with E-state index in [4.69, 9.17) is 9.84 Å². The number of hydrogen-bond acceptors (Lipinski definition) is 3. The summed E-state index contributed by atoms with van der Waals surface area (Å²) in [6, 6.07) is 15.3. The molecule has 1 N–H and O–H groups in total. The number of aromatic nitrogens is 1. The number of nitrogens with zero attached hydrogens (tertiary/aromatic N) is 1. The number of pyridine rings is 1. The Bertz CT molecular complexity index is 471. The van der Waals surface area contributed by atoms with Crippen molar-refractivity contribution in [3.63, 3.8) is 0 Å². The van der Waals surface area contributed by atoms with Gasteiger partial charge < -0.3 is 9.84 Å². The molecule has 0 aliphatic rings. The van der Waals surface area contributed by atoms with Gasteiger partial charge in [0.15, 0.2) is 0 Å². The van der Waals surface area contributed by atoms with Gasteiger partial charge in [0.05, 0.1) is 12.3 Å². The van der Waals surface area contributed by atoms with Crippen LogP contribution in [0.4, 0.5) is 0 Å². The number of ether oxygens (including phenoxy) is 1. The van der Waals surface area contributed by atoms with E-state index < -0.39 is 0 Å². The molecule has 0 aliphatic heterocycles. The Balaban J connectivity index is 2.10. The zero-order valence-corrected chi connectivity index (χ0v) is 9.71. The zero-order valence-electron chi connectivity index (χ0n) is 9.71. The van der Waals surface area contributed by atoms with Gasteiger partial charge in [0.1, 0.15) is 6.10 Å². The average Bonchev–Trinajstić information content (AvgIpc) is 2.40. The lowest BCUT2D eigenvalue weighted by Gasteiger charge is -2.14. The van der Waals surface area contributed by atoms with Crippen molar-refractivity contribution in [3.05, 3.63) is 59.8 Å². The summed E-state index contributed by atoms with van der Waals surface area (Å²) in [5, 5.41) is 9.00. The van der Waals surface area contributed by atoms with Crippen LogP contribution in [0.3, 0.4) is 0 Å². The summed E-state index contributed by atoms with van der Waals surface area (Å²) in [4.78, 5) is 4.18. The van der Waals surface area contributed by atoms with Crippen LogP contribution in [0.25, 0.3) is 0 Å². The van der Waals surface area contributed by atoms with Gasteiger partial charge in [0.25, 0.3) is 0 Å². The molecule has 0 bridgehead atoms. The third kappa shape index (κ3) is 3.04. The number of benzene rings is 1. The fourth-order valence-corrected chi connectivity index (χ4v) is 1.58. The maximum atomic E-state index is 9.00. The molecule has 0 fully saturated rings. The van der Waals surface area contributed by atoms with E-state index in [0.29, 0.717) is 11.6 Å². The Morgan fingerprint density at radius 3 is 2.59 bits per heavy atom. The summed E-state index contributed by atoms with van der Waals surface area (Å²) in [5.74, 6) is 0.535. The van der Waals surface area contributed by atoms with Crippen LogP contribution in [0.2, 0.25) is 0 Å². The topological polar surface area (TPSA) is 42.4 Å². The summed E-state index contributed by atoms with van der Waals surface area (Å²) in [6.07, 6.45) is -0.0577. The molecule has 0 saturated carbocycles. The summed E-state index contributed by atoms with van der Waals surface area (Å²) in [7, 11) is 0. The van der Waals surface area contributed by atoms with Gasteiger partial charge in [-0.1, -0.05) is 36.4 Å². The molecule has 0 aliphatic carbocycles. The van der Waals surface area contributed by atoms with Crippen molar-refractivity contribution in [3.8, 4) is 5.88 Å². The molecule has 1 unspecified atom stereocenters. The predicted octanol–water partition coefficient (Wildman–Crippen LogP) is 2.71. The Labute approximate surface area is 101 Å². The van der Waals surface area contributed by atoms with Crippen LogP contribution >= 0.6 is 0 Å². The number of rotatable bonds is 4. The summed E-state index contributed by atoms with van der Waals surface area (Å²) < 4.78 is 5.72. The normalized spacial score (nSPS) is 12.1. The summed E-state index contributed by atoms with van der Waals surface area (Å²) in [6.45, 7) is 1.90. The first-order chi connectivity index (χ1) is 8.29. The Hall–Kier alpha value is -1.87. The molecule has 1 aromatic carbocycles. The number of aliphatic hydroxyl groups is 1. The quantitative estimate of drug-likeness (QED) is 0.876. The fourth-order valence-electron chi connectivity index (χ4n) is 1.58. The lowest BCUT2D eigenvalue weighted by atomic mass is 10.1. The molecule has 0 saturated heterocycles. The van der Waals surface area contributed by atoms with Gasteiger partial charge >= 0.3 is 0 Å². The van der Waals surface area contributed by atoms with Crippen molar-refractivity contribution in [1.82, 2.24) is 4.98 Å². The SMILES string of the molecule is CC(Oc1cccc(CO)n1)c1ccccc1. The van der Waals surface area contributed by atoms with Crippen molar-refractivity contribution in [2.24, 2.45) is 0 Å². The van der Waals surface area contributed by atoms with Crippen molar-refractivity contribution < 1.29 is 9.84 Å². The molecule has 88 valence electrons. The van der Waals surface area contributed by atoms with Crippen LogP contribution in [-0.4, -0.2) is 10.1 Å². The minimum absolute atomic E-state index is 0.0577. The highest BCUT2D eigenvalue weighted by atomic mass is 16.5. The molecular formula is C14H15NO2. The average molecular weight is 229 g/mol. The highest BCUT2D eigenvalue weighted by Crippen LogP contribution is 2.19. The van der Waals surface area contributed by atoms with Crippen molar-refractivity contribution in [1.29, 1.82) is 0 Å². The van der Waals surface area contributed by atoms with Crippen LogP contribution in [0.15, 0.2) is 48.5 Å². The highest BCUT2D eigenvalue weighted by Gasteiger charge is 2.07. The van der Waals surface area contributed by atoms with E-state index >= 15 is 0 Å².